The molecule has 9 nitrogen and oxygen atoms in total. The topological polar surface area (TPSA) is 122 Å². The number of hydrogen-bond acceptors (Lipinski definition) is 7. The molecule has 4 aliphatic rings. The maximum atomic E-state index is 13.6. The van der Waals surface area contributed by atoms with Crippen LogP contribution in [0.2, 0.25) is 5.02 Å². The fourth-order valence-electron chi connectivity index (χ4n) is 7.79. The summed E-state index contributed by atoms with van der Waals surface area (Å²) in [7, 11) is -2.59. The van der Waals surface area contributed by atoms with E-state index >= 15 is 0 Å². The van der Waals surface area contributed by atoms with Gasteiger partial charge in [0.05, 0.1) is 35.6 Å². The van der Waals surface area contributed by atoms with Crippen LogP contribution in [0.3, 0.4) is 0 Å². The SMILES string of the molecule is CO[C@@H]1/C=C/C[C@H](C)[C@@H](CC(=O)O)C(=O)NS(=O)(=O)c2ccc3c(c2)N(C[C@@H]2CC[C@H]21)C[C@@]1(CCCc2cc(Cl)ccc21)CO3. The smallest absolute Gasteiger partial charge is 0.304 e. The van der Waals surface area contributed by atoms with E-state index in [0.717, 1.165) is 32.1 Å². The van der Waals surface area contributed by atoms with Gasteiger partial charge in [-0.15, -0.1) is 0 Å². The Morgan fingerprint density at radius 1 is 1.22 bits per heavy atom. The van der Waals surface area contributed by atoms with E-state index in [0.29, 0.717) is 48.5 Å². The second-order valence-corrected chi connectivity index (χ2v) is 15.4. The lowest BCUT2D eigenvalue weighted by atomic mass is 9.68. The number of carboxylic acid groups (broad SMARTS) is 1. The molecule has 0 saturated heterocycles. The number of fused-ring (bicyclic) bond motifs is 4. The van der Waals surface area contributed by atoms with Crippen molar-refractivity contribution in [1.29, 1.82) is 0 Å². The lowest BCUT2D eigenvalue weighted by Crippen LogP contribution is -2.49. The van der Waals surface area contributed by atoms with Crippen LogP contribution in [0.1, 0.15) is 56.6 Å². The number of nitrogens with zero attached hydrogens (tertiary/aromatic N) is 1. The number of halogens is 1. The van der Waals surface area contributed by atoms with Gasteiger partial charge >= 0.3 is 5.97 Å². The van der Waals surface area contributed by atoms with Crippen molar-refractivity contribution in [1.82, 2.24) is 4.72 Å². The third-order valence-electron chi connectivity index (χ3n) is 10.4. The van der Waals surface area contributed by atoms with Gasteiger partial charge in [-0.1, -0.05) is 36.7 Å². The fourth-order valence-corrected chi connectivity index (χ4v) is 9.04. The fraction of sp³-hybridized carbons (Fsp3) is 0.529. The zero-order valence-corrected chi connectivity index (χ0v) is 27.3. The maximum absolute atomic E-state index is 13.6. The highest BCUT2D eigenvalue weighted by atomic mass is 35.5. The molecular weight excluding hydrogens is 616 g/mol. The number of carboxylic acids is 1. The molecule has 1 spiro atoms. The van der Waals surface area contributed by atoms with Gasteiger partial charge in [-0.2, -0.15) is 0 Å². The average molecular weight is 657 g/mol. The Labute approximate surface area is 270 Å². The molecule has 242 valence electrons. The van der Waals surface area contributed by atoms with Gasteiger partial charge in [-0.3, -0.25) is 9.59 Å². The minimum atomic E-state index is -4.30. The molecule has 1 fully saturated rings. The predicted molar refractivity (Wildman–Crippen MR) is 171 cm³/mol. The third kappa shape index (κ3) is 6.33. The minimum absolute atomic E-state index is 0.0661. The number of rotatable bonds is 3. The molecule has 45 heavy (non-hydrogen) atoms. The predicted octanol–water partition coefficient (Wildman–Crippen LogP) is 5.35. The van der Waals surface area contributed by atoms with E-state index in [-0.39, 0.29) is 22.3 Å². The summed E-state index contributed by atoms with van der Waals surface area (Å²) in [4.78, 5) is 27.2. The van der Waals surface area contributed by atoms with Gasteiger partial charge in [0.2, 0.25) is 5.91 Å². The first-order valence-electron chi connectivity index (χ1n) is 15.8. The standard InChI is InChI=1S/C34H41ClN2O7S/c1-21-5-3-7-30(43-2)26-11-8-23(26)18-37-19-34(14-4-6-22-15-24(35)9-12-28(22)34)20-44-31-13-10-25(16-29(31)37)45(41,42)36-33(40)27(21)17-32(38)39/h3,7,9-10,12-13,15-16,21,23,26-27,30H,4-6,8,11,14,17-20H2,1-2H3,(H,36,40)(H,38,39)/b7-3+/t21-,23-,26+,27+,30+,34-/m0/s1. The Morgan fingerprint density at radius 3 is 2.78 bits per heavy atom. The molecule has 2 aromatic carbocycles. The van der Waals surface area contributed by atoms with E-state index in [1.54, 1.807) is 26.2 Å². The Kier molecular flexibility index (Phi) is 8.93. The number of benzene rings is 2. The Morgan fingerprint density at radius 2 is 2.04 bits per heavy atom. The first-order valence-corrected chi connectivity index (χ1v) is 17.6. The number of hydrogen-bond donors (Lipinski definition) is 2. The maximum Gasteiger partial charge on any atom is 0.304 e. The quantitative estimate of drug-likeness (QED) is 0.425. The number of aliphatic carboxylic acids is 1. The van der Waals surface area contributed by atoms with E-state index in [1.807, 2.05) is 24.3 Å². The number of methoxy groups -OCH3 is 1. The van der Waals surface area contributed by atoms with Crippen LogP contribution in [0.15, 0.2) is 53.4 Å². The van der Waals surface area contributed by atoms with Crippen LogP contribution < -0.4 is 14.4 Å². The number of amides is 1. The molecule has 2 bridgehead atoms. The van der Waals surface area contributed by atoms with Crippen LogP contribution in [0.25, 0.3) is 0 Å². The van der Waals surface area contributed by atoms with Crippen LogP contribution >= 0.6 is 11.6 Å². The van der Waals surface area contributed by atoms with Crippen LogP contribution in [0.5, 0.6) is 5.75 Å². The first kappa shape index (κ1) is 31.9. The molecule has 2 aliphatic heterocycles. The van der Waals surface area contributed by atoms with Gasteiger partial charge in [-0.05, 0) is 97.7 Å². The highest BCUT2D eigenvalue weighted by Crippen LogP contribution is 2.47. The number of aryl methyl sites for hydroxylation is 1. The summed E-state index contributed by atoms with van der Waals surface area (Å²) in [6.45, 7) is 3.55. The van der Waals surface area contributed by atoms with E-state index in [4.69, 9.17) is 21.1 Å². The van der Waals surface area contributed by atoms with Crippen molar-refractivity contribution < 1.29 is 32.6 Å². The van der Waals surface area contributed by atoms with Crippen molar-refractivity contribution in [3.63, 3.8) is 0 Å². The zero-order valence-electron chi connectivity index (χ0n) is 25.7. The van der Waals surface area contributed by atoms with Crippen LogP contribution in [0, 0.1) is 23.7 Å². The number of ether oxygens (including phenoxy) is 2. The normalized spacial score (nSPS) is 31.8. The molecule has 0 radical (unpaired) electrons. The third-order valence-corrected chi connectivity index (χ3v) is 12.0. The van der Waals surface area contributed by atoms with Gasteiger partial charge in [0, 0.05) is 30.6 Å². The highest BCUT2D eigenvalue weighted by molar-refractivity contribution is 7.90. The summed E-state index contributed by atoms with van der Waals surface area (Å²) < 4.78 is 41.9. The van der Waals surface area contributed by atoms with Crippen molar-refractivity contribution in [3.05, 3.63) is 64.7 Å². The molecule has 1 amide bonds. The first-order chi connectivity index (χ1) is 21.5. The van der Waals surface area contributed by atoms with E-state index in [2.05, 4.69) is 15.7 Å². The van der Waals surface area contributed by atoms with Gasteiger partial charge in [0.25, 0.3) is 10.0 Å². The Hall–Kier alpha value is -3.08. The van der Waals surface area contributed by atoms with Gasteiger partial charge in [-0.25, -0.2) is 13.1 Å². The molecule has 2 N–H and O–H groups in total. The van der Waals surface area contributed by atoms with Gasteiger partial charge < -0.3 is 19.5 Å². The van der Waals surface area contributed by atoms with Crippen molar-refractivity contribution in [2.24, 2.45) is 23.7 Å². The van der Waals surface area contributed by atoms with Crippen LogP contribution in [-0.2, 0) is 36.2 Å². The molecular formula is C34H41ClN2O7S. The number of carbonyl (C=O) groups excluding carboxylic acids is 1. The number of nitrogens with one attached hydrogen (secondary N) is 1. The molecule has 0 aromatic heterocycles. The molecule has 2 aromatic rings. The lowest BCUT2D eigenvalue weighted by Gasteiger charge is -2.46. The van der Waals surface area contributed by atoms with Gasteiger partial charge in [0.1, 0.15) is 5.75 Å². The van der Waals surface area contributed by atoms with E-state index in [1.165, 1.54) is 17.2 Å². The lowest BCUT2D eigenvalue weighted by molar-refractivity contribution is -0.141. The van der Waals surface area contributed by atoms with Crippen molar-refractivity contribution in [3.8, 4) is 5.75 Å². The molecule has 6 rings (SSSR count). The van der Waals surface area contributed by atoms with Crippen molar-refractivity contribution in [2.45, 2.75) is 68.3 Å². The van der Waals surface area contributed by atoms with Crippen molar-refractivity contribution in [2.75, 3.05) is 31.7 Å². The number of carbonyl (C=O) groups is 2. The Bertz CT molecular complexity index is 1610. The summed E-state index contributed by atoms with van der Waals surface area (Å²) >= 11 is 6.40. The number of allylic oxidation sites excluding steroid dienone is 1. The summed E-state index contributed by atoms with van der Waals surface area (Å²) in [6.07, 6.45) is 8.66. The molecule has 2 heterocycles. The summed E-state index contributed by atoms with van der Waals surface area (Å²) in [6, 6.07) is 10.8. The average Bonchev–Trinajstić information content (AvgIpc) is 3.13. The van der Waals surface area contributed by atoms with Crippen molar-refractivity contribution >= 4 is 39.2 Å². The molecule has 11 heteroatoms. The van der Waals surface area contributed by atoms with Crippen LogP contribution in [0.4, 0.5) is 5.69 Å². The summed E-state index contributed by atoms with van der Waals surface area (Å²) in [5, 5.41) is 10.3. The molecule has 2 aliphatic carbocycles. The zero-order chi connectivity index (χ0) is 31.9. The summed E-state index contributed by atoms with van der Waals surface area (Å²) in [5.41, 5.74) is 2.80. The second-order valence-electron chi connectivity index (χ2n) is 13.3. The second kappa shape index (κ2) is 12.6. The molecule has 0 unspecified atom stereocenters. The molecule has 6 atom stereocenters. The number of anilines is 1. The van der Waals surface area contributed by atoms with E-state index in [9.17, 15) is 23.1 Å². The Balaban J connectivity index is 1.44. The minimum Gasteiger partial charge on any atom is -0.490 e. The van der Waals surface area contributed by atoms with Crippen LogP contribution in [-0.4, -0.2) is 58.3 Å². The van der Waals surface area contributed by atoms with Gasteiger partial charge in [0.15, 0.2) is 0 Å². The summed E-state index contributed by atoms with van der Waals surface area (Å²) in [5.74, 6) is -2.27. The highest BCUT2D eigenvalue weighted by Gasteiger charge is 2.44. The number of sulfonamides is 1. The molecule has 1 saturated carbocycles. The largest absolute Gasteiger partial charge is 0.490 e. The monoisotopic (exact) mass is 656 g/mol. The van der Waals surface area contributed by atoms with E-state index < -0.39 is 40.2 Å².